The third-order valence-electron chi connectivity index (χ3n) is 3.53. The van der Waals surface area contributed by atoms with E-state index in [1.165, 1.54) is 4.88 Å². The highest BCUT2D eigenvalue weighted by molar-refractivity contribution is 7.09. The predicted molar refractivity (Wildman–Crippen MR) is 91.5 cm³/mol. The van der Waals surface area contributed by atoms with Crippen molar-refractivity contribution in [1.29, 1.82) is 0 Å². The summed E-state index contributed by atoms with van der Waals surface area (Å²) in [5.41, 5.74) is 0.953. The van der Waals surface area contributed by atoms with E-state index in [9.17, 15) is 4.79 Å². The van der Waals surface area contributed by atoms with Crippen molar-refractivity contribution < 1.29 is 14.3 Å². The van der Waals surface area contributed by atoms with Crippen LogP contribution in [-0.2, 0) is 11.3 Å². The molecule has 1 aromatic heterocycles. The number of ether oxygens (including phenoxy) is 2. The lowest BCUT2D eigenvalue weighted by Crippen LogP contribution is -2.36. The molecule has 0 saturated heterocycles. The van der Waals surface area contributed by atoms with Gasteiger partial charge in [-0.15, -0.1) is 11.3 Å². The number of benzene rings is 1. The monoisotopic (exact) mass is 332 g/mol. The van der Waals surface area contributed by atoms with E-state index in [1.807, 2.05) is 36.6 Å². The summed E-state index contributed by atoms with van der Waals surface area (Å²) in [5.74, 6) is 1.51. The van der Waals surface area contributed by atoms with Crippen molar-refractivity contribution in [2.24, 2.45) is 0 Å². The Labute approximate surface area is 139 Å². The van der Waals surface area contributed by atoms with Crippen LogP contribution in [0.25, 0.3) is 0 Å². The van der Waals surface area contributed by atoms with Crippen molar-refractivity contribution in [3.05, 3.63) is 40.6 Å². The van der Waals surface area contributed by atoms with Crippen molar-refractivity contribution in [3.8, 4) is 11.5 Å². The first-order valence-corrected chi connectivity index (χ1v) is 8.58. The van der Waals surface area contributed by atoms with Crippen LogP contribution in [0.3, 0.4) is 0 Å². The Morgan fingerprint density at radius 2 is 2.09 bits per heavy atom. The minimum atomic E-state index is 0.0129. The van der Waals surface area contributed by atoms with Gasteiger partial charge in [0, 0.05) is 23.2 Å². The van der Waals surface area contributed by atoms with Crippen LogP contribution < -0.4 is 19.7 Å². The van der Waals surface area contributed by atoms with Gasteiger partial charge in [0.1, 0.15) is 13.2 Å². The van der Waals surface area contributed by atoms with E-state index in [4.69, 9.17) is 9.47 Å². The number of rotatable bonds is 6. The van der Waals surface area contributed by atoms with E-state index in [0.29, 0.717) is 32.8 Å². The van der Waals surface area contributed by atoms with Gasteiger partial charge >= 0.3 is 0 Å². The van der Waals surface area contributed by atoms with Gasteiger partial charge in [-0.2, -0.15) is 0 Å². The van der Waals surface area contributed by atoms with Crippen LogP contribution in [0.1, 0.15) is 11.8 Å². The number of anilines is 1. The summed E-state index contributed by atoms with van der Waals surface area (Å²) in [4.78, 5) is 15.3. The maximum Gasteiger partial charge on any atom is 0.239 e. The molecule has 2 heterocycles. The molecule has 0 unspecified atom stereocenters. The summed E-state index contributed by atoms with van der Waals surface area (Å²) in [7, 11) is 0. The van der Waals surface area contributed by atoms with Crippen molar-refractivity contribution in [2.45, 2.75) is 13.5 Å². The Morgan fingerprint density at radius 3 is 2.83 bits per heavy atom. The molecule has 1 aliphatic rings. The molecule has 1 aliphatic heterocycles. The lowest BCUT2D eigenvalue weighted by molar-refractivity contribution is -0.119. The molecule has 1 aromatic carbocycles. The van der Waals surface area contributed by atoms with Gasteiger partial charge in [-0.3, -0.25) is 4.79 Å². The number of carbonyl (C=O) groups excluding carboxylic acids is 1. The molecule has 0 atom stereocenters. The van der Waals surface area contributed by atoms with E-state index in [1.54, 1.807) is 11.3 Å². The fraction of sp³-hybridized carbons (Fsp3) is 0.353. The standard InChI is InChI=1S/C17H20N2O3S/c1-2-18-17(20)12-19(11-14-4-3-9-23-14)13-5-6-15-16(10-13)22-8-7-21-15/h3-6,9-10H,2,7-8,11-12H2,1H3,(H,18,20). The Balaban J connectivity index is 1.82. The van der Waals surface area contributed by atoms with Crippen molar-refractivity contribution in [2.75, 3.05) is 31.2 Å². The van der Waals surface area contributed by atoms with Crippen LogP contribution in [0.15, 0.2) is 35.7 Å². The second-order valence-electron chi connectivity index (χ2n) is 5.22. The van der Waals surface area contributed by atoms with Gasteiger partial charge in [0.25, 0.3) is 0 Å². The largest absolute Gasteiger partial charge is 0.486 e. The molecule has 23 heavy (non-hydrogen) atoms. The Kier molecular flexibility index (Phi) is 5.02. The zero-order valence-corrected chi connectivity index (χ0v) is 13.9. The van der Waals surface area contributed by atoms with E-state index in [2.05, 4.69) is 16.3 Å². The zero-order valence-electron chi connectivity index (χ0n) is 13.1. The van der Waals surface area contributed by atoms with Crippen molar-refractivity contribution in [1.82, 2.24) is 5.32 Å². The summed E-state index contributed by atoms with van der Waals surface area (Å²) < 4.78 is 11.2. The summed E-state index contributed by atoms with van der Waals surface area (Å²) in [6, 6.07) is 9.92. The molecule has 0 radical (unpaired) electrons. The Hall–Kier alpha value is -2.21. The van der Waals surface area contributed by atoms with E-state index < -0.39 is 0 Å². The molecule has 2 aromatic rings. The van der Waals surface area contributed by atoms with Crippen LogP contribution in [0.2, 0.25) is 0 Å². The van der Waals surface area contributed by atoms with E-state index in [0.717, 1.165) is 17.2 Å². The number of hydrogen-bond donors (Lipinski definition) is 1. The molecular weight excluding hydrogens is 312 g/mol. The summed E-state index contributed by atoms with van der Waals surface area (Å²) in [6.07, 6.45) is 0. The molecule has 5 nitrogen and oxygen atoms in total. The maximum atomic E-state index is 12.0. The van der Waals surface area contributed by atoms with Crippen LogP contribution in [0.4, 0.5) is 5.69 Å². The lowest BCUT2D eigenvalue weighted by Gasteiger charge is -2.26. The van der Waals surface area contributed by atoms with Crippen molar-refractivity contribution in [3.63, 3.8) is 0 Å². The molecule has 1 N–H and O–H groups in total. The first kappa shape index (κ1) is 15.7. The Bertz CT molecular complexity index is 658. The van der Waals surface area contributed by atoms with E-state index >= 15 is 0 Å². The fourth-order valence-electron chi connectivity index (χ4n) is 2.48. The lowest BCUT2D eigenvalue weighted by atomic mass is 10.2. The molecule has 6 heteroatoms. The average molecular weight is 332 g/mol. The molecule has 0 aliphatic carbocycles. The SMILES string of the molecule is CCNC(=O)CN(Cc1cccs1)c1ccc2c(c1)OCCO2. The number of amides is 1. The van der Waals surface area contributed by atoms with Crippen LogP contribution >= 0.6 is 11.3 Å². The maximum absolute atomic E-state index is 12.0. The highest BCUT2D eigenvalue weighted by Crippen LogP contribution is 2.34. The number of thiophene rings is 1. The number of likely N-dealkylation sites (N-methyl/N-ethyl adjacent to an activating group) is 1. The number of fused-ring (bicyclic) bond motifs is 1. The van der Waals surface area contributed by atoms with Gasteiger partial charge in [0.2, 0.25) is 5.91 Å². The zero-order chi connectivity index (χ0) is 16.1. The molecule has 0 spiro atoms. The highest BCUT2D eigenvalue weighted by atomic mass is 32.1. The highest BCUT2D eigenvalue weighted by Gasteiger charge is 2.17. The summed E-state index contributed by atoms with van der Waals surface area (Å²) in [5, 5.41) is 4.90. The molecule has 1 amide bonds. The first-order valence-electron chi connectivity index (χ1n) is 7.70. The molecule has 122 valence electrons. The third kappa shape index (κ3) is 3.96. The molecule has 0 bridgehead atoms. The molecule has 0 fully saturated rings. The third-order valence-corrected chi connectivity index (χ3v) is 4.39. The van der Waals surface area contributed by atoms with Gasteiger partial charge < -0.3 is 19.7 Å². The molecule has 0 saturated carbocycles. The van der Waals surface area contributed by atoms with E-state index in [-0.39, 0.29) is 5.91 Å². The van der Waals surface area contributed by atoms with Crippen LogP contribution in [0.5, 0.6) is 11.5 Å². The van der Waals surface area contributed by atoms with Crippen LogP contribution in [-0.4, -0.2) is 32.2 Å². The smallest absolute Gasteiger partial charge is 0.239 e. The second kappa shape index (κ2) is 7.37. The van der Waals surface area contributed by atoms with Crippen LogP contribution in [0, 0.1) is 0 Å². The fourth-order valence-corrected chi connectivity index (χ4v) is 3.20. The molecule has 3 rings (SSSR count). The van der Waals surface area contributed by atoms with Gasteiger partial charge in [-0.25, -0.2) is 0 Å². The Morgan fingerprint density at radius 1 is 1.26 bits per heavy atom. The number of nitrogens with one attached hydrogen (secondary N) is 1. The number of nitrogens with zero attached hydrogens (tertiary/aromatic N) is 1. The van der Waals surface area contributed by atoms with Gasteiger partial charge in [-0.05, 0) is 30.5 Å². The number of carbonyl (C=O) groups is 1. The minimum Gasteiger partial charge on any atom is -0.486 e. The first-order chi connectivity index (χ1) is 11.3. The topological polar surface area (TPSA) is 50.8 Å². The predicted octanol–water partition coefficient (Wildman–Crippen LogP) is 2.66. The van der Waals surface area contributed by atoms with Gasteiger partial charge in [-0.1, -0.05) is 6.07 Å². The summed E-state index contributed by atoms with van der Waals surface area (Å²) in [6.45, 7) is 4.68. The van der Waals surface area contributed by atoms with Crippen molar-refractivity contribution >= 4 is 22.9 Å². The summed E-state index contributed by atoms with van der Waals surface area (Å²) >= 11 is 1.69. The second-order valence-corrected chi connectivity index (χ2v) is 6.25. The minimum absolute atomic E-state index is 0.0129. The normalized spacial score (nSPS) is 12.7. The average Bonchev–Trinajstić information content (AvgIpc) is 3.07. The quantitative estimate of drug-likeness (QED) is 0.884. The molecular formula is C17H20N2O3S. The number of hydrogen-bond acceptors (Lipinski definition) is 5. The van der Waals surface area contributed by atoms with Gasteiger partial charge in [0.15, 0.2) is 11.5 Å². The van der Waals surface area contributed by atoms with Gasteiger partial charge in [0.05, 0.1) is 13.1 Å².